The number of hydrogen-bond acceptors (Lipinski definition) is 4. The molecule has 0 saturated heterocycles. The van der Waals surface area contributed by atoms with Crippen LogP contribution >= 0.6 is 12.2 Å². The molecule has 0 bridgehead atoms. The summed E-state index contributed by atoms with van der Waals surface area (Å²) in [6.45, 7) is 1.31. The van der Waals surface area contributed by atoms with E-state index in [1.807, 2.05) is 0 Å². The van der Waals surface area contributed by atoms with Gasteiger partial charge in [0.05, 0.1) is 17.2 Å². The second-order valence-corrected chi connectivity index (χ2v) is 5.98. The van der Waals surface area contributed by atoms with Crippen LogP contribution in [-0.2, 0) is 6.18 Å². The zero-order chi connectivity index (χ0) is 19.0. The van der Waals surface area contributed by atoms with Gasteiger partial charge in [0.25, 0.3) is 0 Å². The molecule has 0 aromatic heterocycles. The van der Waals surface area contributed by atoms with Crippen LogP contribution in [0.2, 0.25) is 0 Å². The fourth-order valence-corrected chi connectivity index (χ4v) is 2.44. The summed E-state index contributed by atoms with van der Waals surface area (Å²) in [4.78, 5) is -0.194. The van der Waals surface area contributed by atoms with Gasteiger partial charge in [0.2, 0.25) is 0 Å². The van der Waals surface area contributed by atoms with Gasteiger partial charge < -0.3 is 5.32 Å². The Bertz CT molecular complexity index is 764. The van der Waals surface area contributed by atoms with Crippen LogP contribution in [-0.4, -0.2) is 22.7 Å². The summed E-state index contributed by atoms with van der Waals surface area (Å²) < 4.78 is 76.9. The largest absolute Gasteiger partial charge is 0.417 e. The summed E-state index contributed by atoms with van der Waals surface area (Å²) in [7, 11) is 0. The van der Waals surface area contributed by atoms with Crippen LogP contribution in [0.3, 0.4) is 0 Å². The van der Waals surface area contributed by atoms with Crippen molar-refractivity contribution >= 4 is 22.9 Å². The van der Waals surface area contributed by atoms with Gasteiger partial charge in [-0.25, -0.2) is 0 Å². The van der Waals surface area contributed by atoms with E-state index in [0.29, 0.717) is 6.07 Å². The molecule has 0 spiro atoms. The molecule has 0 fully saturated rings. The maximum absolute atomic E-state index is 12.9. The lowest BCUT2D eigenvalue weighted by molar-refractivity contribution is -0.147. The average Bonchev–Trinajstić information content (AvgIpc) is 2.90. The number of alkyl halides is 6. The normalized spacial score (nSPS) is 23.4. The first-order valence-electron chi connectivity index (χ1n) is 6.78. The van der Waals surface area contributed by atoms with Crippen molar-refractivity contribution < 1.29 is 26.3 Å². The minimum Gasteiger partial charge on any atom is -0.348 e. The van der Waals surface area contributed by atoms with Gasteiger partial charge in [-0.05, 0) is 25.1 Å². The Morgan fingerprint density at radius 1 is 1.32 bits per heavy atom. The standard InChI is InChI=1S/C14H10F6N4S/c1-12(5-10(23-24-12)14(18,19)20)11(25)22-8-3-2-7(6-21)9(4-8)13(15,16)17/h2-4,10H,5H2,1H3,(H,22,25)/t10?,12-/m0/s1. The highest BCUT2D eigenvalue weighted by Gasteiger charge is 2.50. The number of anilines is 1. The second kappa shape index (κ2) is 6.25. The van der Waals surface area contributed by atoms with E-state index in [2.05, 4.69) is 15.5 Å². The fraction of sp³-hybridized carbons (Fsp3) is 0.429. The topological polar surface area (TPSA) is 60.5 Å². The maximum atomic E-state index is 12.9. The van der Waals surface area contributed by atoms with Gasteiger partial charge in [0.15, 0.2) is 6.04 Å². The summed E-state index contributed by atoms with van der Waals surface area (Å²) in [5.74, 6) is 0. The van der Waals surface area contributed by atoms with Crippen LogP contribution in [0.1, 0.15) is 24.5 Å². The highest BCUT2D eigenvalue weighted by Crippen LogP contribution is 2.38. The Hall–Kier alpha value is -2.22. The number of benzene rings is 1. The zero-order valence-corrected chi connectivity index (χ0v) is 13.4. The van der Waals surface area contributed by atoms with Gasteiger partial charge in [0.1, 0.15) is 10.5 Å². The Labute approximate surface area is 143 Å². The van der Waals surface area contributed by atoms with E-state index in [9.17, 15) is 26.3 Å². The van der Waals surface area contributed by atoms with Gasteiger partial charge in [-0.2, -0.15) is 41.8 Å². The van der Waals surface area contributed by atoms with Crippen molar-refractivity contribution in [1.29, 1.82) is 5.26 Å². The molecule has 2 rings (SSSR count). The number of nitriles is 1. The summed E-state index contributed by atoms with van der Waals surface area (Å²) >= 11 is 5.00. The molecule has 0 aliphatic carbocycles. The summed E-state index contributed by atoms with van der Waals surface area (Å²) in [5.41, 5.74) is -3.34. The Morgan fingerprint density at radius 2 is 1.96 bits per heavy atom. The molecule has 0 amide bonds. The first kappa shape index (κ1) is 19.1. The van der Waals surface area contributed by atoms with E-state index >= 15 is 0 Å². The van der Waals surface area contributed by atoms with Gasteiger partial charge in [-0.1, -0.05) is 12.2 Å². The predicted molar refractivity (Wildman–Crippen MR) is 80.1 cm³/mol. The molecule has 11 heteroatoms. The van der Waals surface area contributed by atoms with E-state index in [1.54, 1.807) is 0 Å². The molecule has 25 heavy (non-hydrogen) atoms. The summed E-state index contributed by atoms with van der Waals surface area (Å²) in [6, 6.07) is 2.21. The van der Waals surface area contributed by atoms with E-state index in [4.69, 9.17) is 17.5 Å². The van der Waals surface area contributed by atoms with Crippen LogP contribution < -0.4 is 5.32 Å². The first-order chi connectivity index (χ1) is 11.4. The molecule has 134 valence electrons. The monoisotopic (exact) mass is 380 g/mol. The number of azo groups is 1. The molecule has 4 nitrogen and oxygen atoms in total. The highest BCUT2D eigenvalue weighted by molar-refractivity contribution is 7.80. The lowest BCUT2D eigenvalue weighted by atomic mass is 9.95. The van der Waals surface area contributed by atoms with Crippen molar-refractivity contribution in [3.05, 3.63) is 29.3 Å². The smallest absolute Gasteiger partial charge is 0.348 e. The number of rotatable bonds is 2. The molecular weight excluding hydrogens is 370 g/mol. The number of halogens is 6. The van der Waals surface area contributed by atoms with Crippen LogP contribution in [0.5, 0.6) is 0 Å². The summed E-state index contributed by atoms with van der Waals surface area (Å²) in [6.07, 6.45) is -9.87. The van der Waals surface area contributed by atoms with Gasteiger partial charge >= 0.3 is 12.4 Å². The lowest BCUT2D eigenvalue weighted by Gasteiger charge is -2.23. The molecule has 2 atom stereocenters. The highest BCUT2D eigenvalue weighted by atomic mass is 32.1. The van der Waals surface area contributed by atoms with Crippen LogP contribution in [0, 0.1) is 11.3 Å². The second-order valence-electron chi connectivity index (χ2n) is 5.57. The number of hydrogen-bond donors (Lipinski definition) is 1. The van der Waals surface area contributed by atoms with E-state index in [0.717, 1.165) is 6.07 Å². The third-order valence-electron chi connectivity index (χ3n) is 3.58. The zero-order valence-electron chi connectivity index (χ0n) is 12.5. The molecule has 0 saturated carbocycles. The SMILES string of the molecule is C[C@@]1(C(=S)Nc2ccc(C#N)c(C(F)(F)F)c2)CC(C(F)(F)F)N=N1. The first-order valence-corrected chi connectivity index (χ1v) is 7.19. The number of thiocarbonyl (C=S) groups is 1. The van der Waals surface area contributed by atoms with Gasteiger partial charge in [0, 0.05) is 12.1 Å². The Kier molecular flexibility index (Phi) is 4.78. The Morgan fingerprint density at radius 3 is 2.44 bits per heavy atom. The van der Waals surface area contributed by atoms with Crippen molar-refractivity contribution in [2.75, 3.05) is 5.32 Å². The number of nitrogens with zero attached hydrogens (tertiary/aromatic N) is 3. The average molecular weight is 380 g/mol. The summed E-state index contributed by atoms with van der Waals surface area (Å²) in [5, 5.41) is 17.9. The molecule has 1 unspecified atom stereocenters. The number of nitrogens with one attached hydrogen (secondary N) is 1. The van der Waals surface area contributed by atoms with Crippen LogP contribution in [0.4, 0.5) is 32.0 Å². The molecule has 1 aromatic carbocycles. The van der Waals surface area contributed by atoms with Crippen molar-refractivity contribution in [3.63, 3.8) is 0 Å². The molecule has 1 heterocycles. The van der Waals surface area contributed by atoms with Gasteiger partial charge in [-0.3, -0.25) is 0 Å². The lowest BCUT2D eigenvalue weighted by Crippen LogP contribution is -2.39. The van der Waals surface area contributed by atoms with Crippen molar-refractivity contribution in [1.82, 2.24) is 0 Å². The van der Waals surface area contributed by atoms with Crippen molar-refractivity contribution in [2.24, 2.45) is 10.2 Å². The van der Waals surface area contributed by atoms with Gasteiger partial charge in [-0.15, -0.1) is 0 Å². The van der Waals surface area contributed by atoms with E-state index in [-0.39, 0.29) is 10.7 Å². The fourth-order valence-electron chi connectivity index (χ4n) is 2.19. The minimum atomic E-state index is -4.76. The Balaban J connectivity index is 2.22. The molecule has 0 radical (unpaired) electrons. The molecule has 1 aromatic rings. The molecule has 1 aliphatic heterocycles. The van der Waals surface area contributed by atoms with Crippen molar-refractivity contribution in [2.45, 2.75) is 37.3 Å². The third-order valence-corrected chi connectivity index (χ3v) is 4.12. The molecular formula is C14H10F6N4S. The quantitative estimate of drug-likeness (QED) is 0.589. The minimum absolute atomic E-state index is 0.108. The van der Waals surface area contributed by atoms with Crippen molar-refractivity contribution in [3.8, 4) is 6.07 Å². The van der Waals surface area contributed by atoms with E-state index < -0.39 is 41.5 Å². The van der Waals surface area contributed by atoms with E-state index in [1.165, 1.54) is 19.1 Å². The third kappa shape index (κ3) is 4.07. The predicted octanol–water partition coefficient (Wildman–Crippen LogP) is 4.86. The molecule has 1 N–H and O–H groups in total. The maximum Gasteiger partial charge on any atom is 0.417 e. The molecule has 1 aliphatic rings. The van der Waals surface area contributed by atoms with Crippen LogP contribution in [0.15, 0.2) is 28.4 Å². The van der Waals surface area contributed by atoms with Crippen LogP contribution in [0.25, 0.3) is 0 Å².